The lowest BCUT2D eigenvalue weighted by atomic mass is 9.83. The van der Waals surface area contributed by atoms with Gasteiger partial charge in [-0.2, -0.15) is 0 Å². The van der Waals surface area contributed by atoms with Gasteiger partial charge in [0.05, 0.1) is 6.54 Å². The lowest BCUT2D eigenvalue weighted by Gasteiger charge is -2.22. The highest BCUT2D eigenvalue weighted by atomic mass is 32.1. The van der Waals surface area contributed by atoms with Crippen molar-refractivity contribution in [1.29, 1.82) is 0 Å². The average molecular weight is 249 g/mol. The van der Waals surface area contributed by atoms with Crippen LogP contribution in [0.3, 0.4) is 0 Å². The number of rotatable bonds is 2. The molecule has 4 heteroatoms. The van der Waals surface area contributed by atoms with Gasteiger partial charge in [0.2, 0.25) is 0 Å². The number of aryl methyl sites for hydroxylation is 1. The van der Waals surface area contributed by atoms with Crippen molar-refractivity contribution >= 4 is 11.3 Å². The Morgan fingerprint density at radius 1 is 1.29 bits per heavy atom. The summed E-state index contributed by atoms with van der Waals surface area (Å²) in [4.78, 5) is 2.56. The maximum Gasteiger partial charge on any atom is 0.131 e. The molecule has 0 unspecified atom stereocenters. The van der Waals surface area contributed by atoms with Gasteiger partial charge in [0.15, 0.2) is 0 Å². The van der Waals surface area contributed by atoms with Crippen LogP contribution in [0.15, 0.2) is 11.6 Å². The Kier molecular flexibility index (Phi) is 3.01. The summed E-state index contributed by atoms with van der Waals surface area (Å²) in [6.45, 7) is 7.78. The summed E-state index contributed by atoms with van der Waals surface area (Å²) in [6.07, 6.45) is 5.01. The first kappa shape index (κ1) is 11.4. The molecule has 17 heavy (non-hydrogen) atoms. The molecule has 0 spiro atoms. The minimum absolute atomic E-state index is 0.882. The molecule has 0 amide bonds. The summed E-state index contributed by atoms with van der Waals surface area (Å²) in [5.74, 6) is 1.77. The molecule has 0 bridgehead atoms. The normalized spacial score (nSPS) is 29.2. The Hall–Kier alpha value is -0.740. The summed E-state index contributed by atoms with van der Waals surface area (Å²) in [5.41, 5.74) is 1.58. The average Bonchev–Trinajstić information content (AvgIpc) is 2.84. The van der Waals surface area contributed by atoms with E-state index in [2.05, 4.69) is 28.1 Å². The summed E-state index contributed by atoms with van der Waals surface area (Å²) < 4.78 is 0. The first-order valence-electron chi connectivity index (χ1n) is 6.37. The maximum atomic E-state index is 4.23. The molecule has 1 aliphatic carbocycles. The van der Waals surface area contributed by atoms with Gasteiger partial charge in [0.25, 0.3) is 0 Å². The molecular weight excluding hydrogens is 230 g/mol. The fourth-order valence-corrected chi connectivity index (χ4v) is 3.86. The predicted octanol–water partition coefficient (Wildman–Crippen LogP) is 2.63. The van der Waals surface area contributed by atoms with E-state index in [-0.39, 0.29) is 0 Å². The molecule has 1 aromatic heterocycles. The van der Waals surface area contributed by atoms with Gasteiger partial charge >= 0.3 is 0 Å². The molecule has 92 valence electrons. The van der Waals surface area contributed by atoms with E-state index in [0.29, 0.717) is 0 Å². The van der Waals surface area contributed by atoms with Gasteiger partial charge in [-0.15, -0.1) is 21.5 Å². The Morgan fingerprint density at radius 2 is 2.12 bits per heavy atom. The molecule has 3 nitrogen and oxygen atoms in total. The van der Waals surface area contributed by atoms with Crippen molar-refractivity contribution in [3.05, 3.63) is 21.7 Å². The number of hydrogen-bond donors (Lipinski definition) is 0. The summed E-state index contributed by atoms with van der Waals surface area (Å²) in [5, 5.41) is 10.6. The molecular formula is C13H19N3S. The van der Waals surface area contributed by atoms with E-state index >= 15 is 0 Å². The Morgan fingerprint density at radius 3 is 2.88 bits per heavy atom. The van der Waals surface area contributed by atoms with Crippen LogP contribution in [0.4, 0.5) is 0 Å². The smallest absolute Gasteiger partial charge is 0.131 e. The molecule has 2 aliphatic rings. The van der Waals surface area contributed by atoms with Crippen LogP contribution in [-0.2, 0) is 6.54 Å². The second-order valence-electron chi connectivity index (χ2n) is 5.42. The van der Waals surface area contributed by atoms with Crippen LogP contribution in [0, 0.1) is 18.8 Å². The molecule has 0 aromatic carbocycles. The van der Waals surface area contributed by atoms with Crippen molar-refractivity contribution < 1.29 is 0 Å². The zero-order valence-electron chi connectivity index (χ0n) is 10.5. The van der Waals surface area contributed by atoms with E-state index in [1.165, 1.54) is 30.9 Å². The lowest BCUT2D eigenvalue weighted by Crippen LogP contribution is -2.20. The van der Waals surface area contributed by atoms with Crippen molar-refractivity contribution in [2.24, 2.45) is 11.8 Å². The van der Waals surface area contributed by atoms with Crippen molar-refractivity contribution in [2.45, 2.75) is 33.2 Å². The number of likely N-dealkylation sites (tertiary alicyclic amines) is 1. The van der Waals surface area contributed by atoms with Crippen LogP contribution in [-0.4, -0.2) is 28.2 Å². The highest BCUT2D eigenvalue weighted by molar-refractivity contribution is 7.11. The predicted molar refractivity (Wildman–Crippen MR) is 69.9 cm³/mol. The van der Waals surface area contributed by atoms with Gasteiger partial charge in [-0.25, -0.2) is 0 Å². The van der Waals surface area contributed by atoms with Crippen LogP contribution >= 0.6 is 11.3 Å². The van der Waals surface area contributed by atoms with Gasteiger partial charge in [-0.1, -0.05) is 11.6 Å². The highest BCUT2D eigenvalue weighted by Crippen LogP contribution is 2.36. The molecule has 2 heterocycles. The SMILES string of the molecule is CC1=CC[C@H]2CN(Cc3nnc(C)s3)C[C@H]2C1. The minimum atomic E-state index is 0.882. The molecule has 1 fully saturated rings. The Balaban J connectivity index is 1.62. The van der Waals surface area contributed by atoms with Gasteiger partial charge in [0, 0.05) is 13.1 Å². The maximum absolute atomic E-state index is 4.23. The third kappa shape index (κ3) is 2.43. The van der Waals surface area contributed by atoms with Crippen LogP contribution in [0.5, 0.6) is 0 Å². The van der Waals surface area contributed by atoms with Gasteiger partial charge in [-0.3, -0.25) is 4.90 Å². The van der Waals surface area contributed by atoms with Gasteiger partial charge in [-0.05, 0) is 38.5 Å². The van der Waals surface area contributed by atoms with E-state index in [4.69, 9.17) is 0 Å². The standard InChI is InChI=1S/C13H19N3S/c1-9-3-4-11-6-16(7-12(11)5-9)8-13-15-14-10(2)17-13/h3,11-12H,4-8H2,1-2H3/t11-,12+/m0/s1. The quantitative estimate of drug-likeness (QED) is 0.755. The molecule has 1 aliphatic heterocycles. The van der Waals surface area contributed by atoms with Gasteiger partial charge in [0.1, 0.15) is 10.0 Å². The van der Waals surface area contributed by atoms with Crippen molar-refractivity contribution in [2.75, 3.05) is 13.1 Å². The van der Waals surface area contributed by atoms with Crippen molar-refractivity contribution in [3.8, 4) is 0 Å². The molecule has 0 saturated carbocycles. The molecule has 1 aromatic rings. The topological polar surface area (TPSA) is 29.0 Å². The molecule has 3 rings (SSSR count). The Bertz CT molecular complexity index is 438. The second-order valence-corrected chi connectivity index (χ2v) is 6.69. The summed E-state index contributed by atoms with van der Waals surface area (Å²) in [6, 6.07) is 0. The molecule has 0 N–H and O–H groups in total. The lowest BCUT2D eigenvalue weighted by molar-refractivity contribution is 0.312. The molecule has 0 radical (unpaired) electrons. The third-order valence-corrected chi connectivity index (χ3v) is 4.76. The van der Waals surface area contributed by atoms with Crippen LogP contribution in [0.1, 0.15) is 29.8 Å². The highest BCUT2D eigenvalue weighted by Gasteiger charge is 2.34. The van der Waals surface area contributed by atoms with Crippen molar-refractivity contribution in [1.82, 2.24) is 15.1 Å². The third-order valence-electron chi connectivity index (χ3n) is 3.93. The van der Waals surface area contributed by atoms with E-state index in [1.807, 2.05) is 6.92 Å². The van der Waals surface area contributed by atoms with E-state index in [0.717, 1.165) is 23.4 Å². The monoisotopic (exact) mass is 249 g/mol. The van der Waals surface area contributed by atoms with Crippen LogP contribution < -0.4 is 0 Å². The van der Waals surface area contributed by atoms with E-state index < -0.39 is 0 Å². The molecule has 2 atom stereocenters. The summed E-state index contributed by atoms with van der Waals surface area (Å²) in [7, 11) is 0. The van der Waals surface area contributed by atoms with E-state index in [1.54, 1.807) is 16.9 Å². The zero-order chi connectivity index (χ0) is 11.8. The number of nitrogens with zero attached hydrogens (tertiary/aromatic N) is 3. The van der Waals surface area contributed by atoms with Crippen LogP contribution in [0.25, 0.3) is 0 Å². The number of allylic oxidation sites excluding steroid dienone is 2. The number of aromatic nitrogens is 2. The first-order valence-corrected chi connectivity index (χ1v) is 7.19. The molecule has 1 saturated heterocycles. The van der Waals surface area contributed by atoms with Crippen LogP contribution in [0.2, 0.25) is 0 Å². The summed E-state index contributed by atoms with van der Waals surface area (Å²) >= 11 is 1.73. The van der Waals surface area contributed by atoms with Crippen molar-refractivity contribution in [3.63, 3.8) is 0 Å². The second kappa shape index (κ2) is 4.50. The number of fused-ring (bicyclic) bond motifs is 1. The minimum Gasteiger partial charge on any atom is -0.296 e. The first-order chi connectivity index (χ1) is 8.20. The van der Waals surface area contributed by atoms with E-state index in [9.17, 15) is 0 Å². The number of hydrogen-bond acceptors (Lipinski definition) is 4. The fraction of sp³-hybridized carbons (Fsp3) is 0.692. The largest absolute Gasteiger partial charge is 0.296 e. The van der Waals surface area contributed by atoms with Gasteiger partial charge < -0.3 is 0 Å². The zero-order valence-corrected chi connectivity index (χ0v) is 11.3. The fourth-order valence-electron chi connectivity index (χ4n) is 3.11. The Labute approximate surface area is 107 Å².